The summed E-state index contributed by atoms with van der Waals surface area (Å²) >= 11 is 2.00. The molecule has 7 rings (SSSR count). The molecule has 2 nitrogen and oxygen atoms in total. The van der Waals surface area contributed by atoms with Crippen LogP contribution in [0.25, 0.3) is 39.7 Å². The number of allylic oxidation sites excluding steroid dienone is 7. The monoisotopic (exact) mass is 472 g/mol. The Bertz CT molecular complexity index is 1600. The van der Waals surface area contributed by atoms with Gasteiger partial charge in [0.2, 0.25) is 0 Å². The molecule has 0 saturated heterocycles. The number of hydrogen-bond donors (Lipinski definition) is 1. The molecule has 3 aliphatic rings. The summed E-state index contributed by atoms with van der Waals surface area (Å²) in [6, 6.07) is 17.5. The predicted molar refractivity (Wildman–Crippen MR) is 151 cm³/mol. The van der Waals surface area contributed by atoms with Crippen molar-refractivity contribution >= 4 is 51.0 Å². The van der Waals surface area contributed by atoms with Crippen LogP contribution in [-0.4, -0.2) is 4.57 Å². The van der Waals surface area contributed by atoms with Crippen molar-refractivity contribution in [3.63, 3.8) is 0 Å². The highest BCUT2D eigenvalue weighted by Crippen LogP contribution is 2.44. The van der Waals surface area contributed by atoms with Gasteiger partial charge in [-0.25, -0.2) is 0 Å². The Morgan fingerprint density at radius 2 is 1.60 bits per heavy atom. The average Bonchev–Trinajstić information content (AvgIpc) is 3.31. The van der Waals surface area contributed by atoms with Gasteiger partial charge < -0.3 is 10.3 Å². The minimum atomic E-state index is 0.215. The molecule has 4 aromatic rings. The van der Waals surface area contributed by atoms with E-state index in [1.54, 1.807) is 4.88 Å². The lowest BCUT2D eigenvalue weighted by Gasteiger charge is -2.31. The fourth-order valence-corrected chi connectivity index (χ4v) is 7.48. The third-order valence-electron chi connectivity index (χ3n) is 7.70. The fourth-order valence-electron chi connectivity index (χ4n) is 6.22. The first-order valence-electron chi connectivity index (χ1n) is 12.6. The third-order valence-corrected chi connectivity index (χ3v) is 9.00. The number of thiophene rings is 1. The summed E-state index contributed by atoms with van der Waals surface area (Å²) in [5.74, 6) is 0.504. The van der Waals surface area contributed by atoms with Gasteiger partial charge in [0.25, 0.3) is 0 Å². The zero-order chi connectivity index (χ0) is 23.5. The largest absolute Gasteiger partial charge is 0.399 e. The summed E-state index contributed by atoms with van der Waals surface area (Å²) in [5.41, 5.74) is 15.3. The number of benzene rings is 2. The van der Waals surface area contributed by atoms with Gasteiger partial charge in [0, 0.05) is 44.3 Å². The molecule has 0 fully saturated rings. The molecule has 0 saturated carbocycles. The molecular weight excluding hydrogens is 444 g/mol. The third kappa shape index (κ3) is 3.22. The second-order valence-electron chi connectivity index (χ2n) is 9.91. The first-order chi connectivity index (χ1) is 17.2. The summed E-state index contributed by atoms with van der Waals surface area (Å²) < 4.78 is 2.45. The molecule has 2 N–H and O–H groups in total. The molecule has 3 heteroatoms. The van der Waals surface area contributed by atoms with E-state index in [1.165, 1.54) is 55.5 Å². The molecule has 2 aromatic heterocycles. The number of aromatic nitrogens is 1. The van der Waals surface area contributed by atoms with E-state index in [-0.39, 0.29) is 11.8 Å². The SMILES string of the molecule is CC1C=C(N)C=C(n2c3ccccc3c3ccccc32)C1C1=Cc2c(sc3c2C=CCC3)CC=C1. The van der Waals surface area contributed by atoms with E-state index < -0.39 is 0 Å². The molecule has 2 aromatic carbocycles. The van der Waals surface area contributed by atoms with Crippen molar-refractivity contribution in [3.8, 4) is 0 Å². The Balaban J connectivity index is 1.46. The van der Waals surface area contributed by atoms with Crippen LogP contribution in [0.3, 0.4) is 0 Å². The van der Waals surface area contributed by atoms with Gasteiger partial charge in [-0.3, -0.25) is 0 Å². The van der Waals surface area contributed by atoms with Crippen molar-refractivity contribution in [2.24, 2.45) is 17.6 Å². The normalized spacial score (nSPS) is 21.3. The van der Waals surface area contributed by atoms with Gasteiger partial charge in [-0.2, -0.15) is 0 Å². The number of para-hydroxylation sites is 2. The lowest BCUT2D eigenvalue weighted by atomic mass is 9.79. The van der Waals surface area contributed by atoms with Crippen LogP contribution in [0.5, 0.6) is 0 Å². The molecule has 2 atom stereocenters. The van der Waals surface area contributed by atoms with Crippen molar-refractivity contribution in [3.05, 3.63) is 111 Å². The summed E-state index contributed by atoms with van der Waals surface area (Å²) in [4.78, 5) is 3.04. The molecule has 0 bridgehead atoms. The van der Waals surface area contributed by atoms with Gasteiger partial charge in [0.1, 0.15) is 0 Å². The first-order valence-corrected chi connectivity index (χ1v) is 13.4. The highest BCUT2D eigenvalue weighted by molar-refractivity contribution is 7.12. The standard InChI is InChI=1S/C32H28N2S/c1-20-17-22(33)19-29(34-27-13-5-2-10-23(27)24-11-3-6-14-28(24)34)32(20)21-9-8-16-31-26(18-21)25-12-4-7-15-30(25)35-31/h2-6,8-14,17-20,32H,7,15-16,33H2,1H3. The summed E-state index contributed by atoms with van der Waals surface area (Å²) in [6.45, 7) is 2.31. The van der Waals surface area contributed by atoms with E-state index in [1.807, 2.05) is 11.3 Å². The van der Waals surface area contributed by atoms with Crippen LogP contribution in [0.1, 0.15) is 34.2 Å². The smallest absolute Gasteiger partial charge is 0.0538 e. The topological polar surface area (TPSA) is 30.9 Å². The molecule has 3 aliphatic carbocycles. The molecule has 2 unspecified atom stereocenters. The van der Waals surface area contributed by atoms with Gasteiger partial charge in [-0.15, -0.1) is 11.3 Å². The van der Waals surface area contributed by atoms with Crippen LogP contribution in [0, 0.1) is 11.8 Å². The van der Waals surface area contributed by atoms with Crippen LogP contribution < -0.4 is 5.73 Å². The zero-order valence-electron chi connectivity index (χ0n) is 19.9. The molecule has 0 spiro atoms. The van der Waals surface area contributed by atoms with Crippen molar-refractivity contribution in [1.82, 2.24) is 4.57 Å². The van der Waals surface area contributed by atoms with Gasteiger partial charge in [-0.1, -0.05) is 73.7 Å². The summed E-state index contributed by atoms with van der Waals surface area (Å²) in [7, 11) is 0. The molecule has 0 radical (unpaired) electrons. The molecular formula is C32H28N2S. The van der Waals surface area contributed by atoms with Gasteiger partial charge >= 0.3 is 0 Å². The minimum Gasteiger partial charge on any atom is -0.399 e. The quantitative estimate of drug-likeness (QED) is 0.315. The average molecular weight is 473 g/mol. The van der Waals surface area contributed by atoms with E-state index in [9.17, 15) is 0 Å². The number of nitrogens with zero attached hydrogens (tertiary/aromatic N) is 1. The van der Waals surface area contributed by atoms with E-state index in [0.29, 0.717) is 0 Å². The number of hydrogen-bond acceptors (Lipinski definition) is 2. The van der Waals surface area contributed by atoms with Crippen LogP contribution >= 0.6 is 11.3 Å². The maximum atomic E-state index is 6.51. The van der Waals surface area contributed by atoms with Crippen LogP contribution in [-0.2, 0) is 12.8 Å². The Hall–Kier alpha value is -3.56. The second-order valence-corrected chi connectivity index (χ2v) is 11.1. The fraction of sp³-hybridized carbons (Fsp3) is 0.188. The Morgan fingerprint density at radius 1 is 0.857 bits per heavy atom. The number of rotatable bonds is 2. The van der Waals surface area contributed by atoms with Crippen molar-refractivity contribution in [2.75, 3.05) is 0 Å². The highest BCUT2D eigenvalue weighted by Gasteiger charge is 2.31. The number of fused-ring (bicyclic) bond motifs is 6. The maximum Gasteiger partial charge on any atom is 0.0538 e. The van der Waals surface area contributed by atoms with Gasteiger partial charge in [0.05, 0.1) is 11.0 Å². The lowest BCUT2D eigenvalue weighted by Crippen LogP contribution is -2.23. The maximum absolute atomic E-state index is 6.51. The predicted octanol–water partition coefficient (Wildman–Crippen LogP) is 7.96. The van der Waals surface area contributed by atoms with Crippen LogP contribution in [0.4, 0.5) is 0 Å². The second kappa shape index (κ2) is 8.00. The lowest BCUT2D eigenvalue weighted by molar-refractivity contribution is 0.582. The van der Waals surface area contributed by atoms with E-state index in [4.69, 9.17) is 5.73 Å². The van der Waals surface area contributed by atoms with Gasteiger partial charge in [0.15, 0.2) is 0 Å². The van der Waals surface area contributed by atoms with Gasteiger partial charge in [-0.05, 0) is 59.7 Å². The molecule has 2 heterocycles. The minimum absolute atomic E-state index is 0.215. The number of aryl methyl sites for hydroxylation is 1. The van der Waals surface area contributed by atoms with E-state index in [2.05, 4.69) is 103 Å². The molecule has 172 valence electrons. The van der Waals surface area contributed by atoms with Crippen molar-refractivity contribution < 1.29 is 0 Å². The summed E-state index contributed by atoms with van der Waals surface area (Å²) in [5, 5.41) is 2.57. The van der Waals surface area contributed by atoms with Crippen molar-refractivity contribution in [2.45, 2.75) is 26.2 Å². The molecule has 35 heavy (non-hydrogen) atoms. The molecule has 0 aliphatic heterocycles. The zero-order valence-corrected chi connectivity index (χ0v) is 20.7. The summed E-state index contributed by atoms with van der Waals surface area (Å²) in [6.07, 6.45) is 19.6. The Kier molecular flexibility index (Phi) is 4.75. The van der Waals surface area contributed by atoms with E-state index in [0.717, 1.165) is 18.5 Å². The molecule has 0 amide bonds. The first kappa shape index (κ1) is 20.8. The number of nitrogens with two attached hydrogens (primary N) is 1. The Labute approximate surface area is 210 Å². The van der Waals surface area contributed by atoms with Crippen LogP contribution in [0.15, 0.2) is 90.2 Å². The van der Waals surface area contributed by atoms with E-state index >= 15 is 0 Å². The Morgan fingerprint density at radius 3 is 2.37 bits per heavy atom. The van der Waals surface area contributed by atoms with Crippen molar-refractivity contribution in [1.29, 1.82) is 0 Å². The highest BCUT2D eigenvalue weighted by atomic mass is 32.1. The van der Waals surface area contributed by atoms with Crippen LogP contribution in [0.2, 0.25) is 0 Å².